The highest BCUT2D eigenvalue weighted by Gasteiger charge is 2.19. The van der Waals surface area contributed by atoms with Crippen LogP contribution in [0.25, 0.3) is 0 Å². The predicted octanol–water partition coefficient (Wildman–Crippen LogP) is 4.27. The van der Waals surface area contributed by atoms with E-state index in [1.807, 2.05) is 6.21 Å². The standard InChI is InChI=1S/C25H28NOP/c1-3-20(2)24(19-27)26-18-21-12-10-11-17-25(21)28(22-13-6-4-7-14-22)23-15-8-5-9-16-23/h4-18,20,24,27H,3,19H2,1-2H3/t20-,24-/m1/s1. The zero-order valence-corrected chi connectivity index (χ0v) is 17.5. The lowest BCUT2D eigenvalue weighted by molar-refractivity contribution is 0.232. The van der Waals surface area contributed by atoms with E-state index in [2.05, 4.69) is 98.8 Å². The Labute approximate surface area is 169 Å². The van der Waals surface area contributed by atoms with Gasteiger partial charge in [-0.3, -0.25) is 4.99 Å². The third-order valence-corrected chi connectivity index (χ3v) is 7.62. The second-order valence-corrected chi connectivity index (χ2v) is 9.16. The molecule has 0 saturated carbocycles. The summed E-state index contributed by atoms with van der Waals surface area (Å²) in [5.74, 6) is 0.359. The van der Waals surface area contributed by atoms with Crippen LogP contribution >= 0.6 is 7.92 Å². The van der Waals surface area contributed by atoms with Crippen molar-refractivity contribution in [3.63, 3.8) is 0 Å². The summed E-state index contributed by atoms with van der Waals surface area (Å²) in [6.07, 6.45) is 2.97. The number of hydrogen-bond acceptors (Lipinski definition) is 2. The van der Waals surface area contributed by atoms with E-state index in [1.54, 1.807) is 0 Å². The highest BCUT2D eigenvalue weighted by Crippen LogP contribution is 2.33. The quantitative estimate of drug-likeness (QED) is 0.453. The van der Waals surface area contributed by atoms with E-state index in [9.17, 15) is 5.11 Å². The first-order chi connectivity index (χ1) is 13.7. The maximum Gasteiger partial charge on any atom is 0.0755 e. The molecular weight excluding hydrogens is 361 g/mol. The van der Waals surface area contributed by atoms with Gasteiger partial charge in [-0.25, -0.2) is 0 Å². The second-order valence-electron chi connectivity index (χ2n) is 6.98. The molecule has 0 bridgehead atoms. The minimum absolute atomic E-state index is 0.0577. The van der Waals surface area contributed by atoms with Crippen molar-refractivity contribution in [3.05, 3.63) is 90.5 Å². The molecule has 0 radical (unpaired) electrons. The predicted molar refractivity (Wildman–Crippen MR) is 123 cm³/mol. The smallest absolute Gasteiger partial charge is 0.0755 e. The summed E-state index contributed by atoms with van der Waals surface area (Å²) < 4.78 is 0. The molecular formula is C25H28NOP. The van der Waals surface area contributed by atoms with Crippen LogP contribution in [-0.4, -0.2) is 24.0 Å². The Balaban J connectivity index is 2.05. The van der Waals surface area contributed by atoms with Gasteiger partial charge in [0.25, 0.3) is 0 Å². The first-order valence-corrected chi connectivity index (χ1v) is 11.2. The molecule has 0 aliphatic rings. The largest absolute Gasteiger partial charge is 0.394 e. The fraction of sp³-hybridized carbons (Fsp3) is 0.240. The van der Waals surface area contributed by atoms with Gasteiger partial charge in [-0.1, -0.05) is 105 Å². The number of benzene rings is 3. The van der Waals surface area contributed by atoms with Crippen LogP contribution in [0.3, 0.4) is 0 Å². The normalized spacial score (nSPS) is 13.7. The number of hydrogen-bond donors (Lipinski definition) is 1. The van der Waals surface area contributed by atoms with Crippen LogP contribution in [0.4, 0.5) is 0 Å². The lowest BCUT2D eigenvalue weighted by atomic mass is 10.0. The second kappa shape index (κ2) is 10.3. The van der Waals surface area contributed by atoms with Gasteiger partial charge in [0.05, 0.1) is 12.6 Å². The molecule has 0 amide bonds. The molecule has 3 aromatic carbocycles. The van der Waals surface area contributed by atoms with Gasteiger partial charge in [0, 0.05) is 11.8 Å². The van der Waals surface area contributed by atoms with Crippen molar-refractivity contribution < 1.29 is 5.11 Å². The molecule has 3 heteroatoms. The minimum atomic E-state index is -0.675. The Morgan fingerprint density at radius 2 is 1.39 bits per heavy atom. The molecule has 0 aliphatic carbocycles. The summed E-state index contributed by atoms with van der Waals surface area (Å²) in [6, 6.07) is 29.8. The molecule has 0 aliphatic heterocycles. The molecule has 2 atom stereocenters. The topological polar surface area (TPSA) is 32.6 Å². The van der Waals surface area contributed by atoms with Crippen molar-refractivity contribution in [3.8, 4) is 0 Å². The number of aliphatic imine (C=N–C) groups is 1. The molecule has 0 fully saturated rings. The summed E-state index contributed by atoms with van der Waals surface area (Å²) >= 11 is 0. The highest BCUT2D eigenvalue weighted by molar-refractivity contribution is 7.80. The van der Waals surface area contributed by atoms with Gasteiger partial charge in [0.2, 0.25) is 0 Å². The van der Waals surface area contributed by atoms with Crippen LogP contribution < -0.4 is 15.9 Å². The first-order valence-electron chi connectivity index (χ1n) is 9.88. The van der Waals surface area contributed by atoms with Crippen LogP contribution in [0.1, 0.15) is 25.8 Å². The molecule has 2 nitrogen and oxygen atoms in total. The number of rotatable bonds is 8. The average Bonchev–Trinajstić information content (AvgIpc) is 2.76. The van der Waals surface area contributed by atoms with Crippen LogP contribution in [0, 0.1) is 5.92 Å². The highest BCUT2D eigenvalue weighted by atomic mass is 31.1. The summed E-state index contributed by atoms with van der Waals surface area (Å²) in [6.45, 7) is 4.37. The summed E-state index contributed by atoms with van der Waals surface area (Å²) in [5.41, 5.74) is 1.13. The van der Waals surface area contributed by atoms with Crippen LogP contribution in [-0.2, 0) is 0 Å². The Bertz CT molecular complexity index is 840. The lowest BCUT2D eigenvalue weighted by Crippen LogP contribution is -2.24. The minimum Gasteiger partial charge on any atom is -0.394 e. The zero-order chi connectivity index (χ0) is 19.8. The van der Waals surface area contributed by atoms with E-state index in [-0.39, 0.29) is 12.6 Å². The third-order valence-electron chi connectivity index (χ3n) is 5.10. The fourth-order valence-corrected chi connectivity index (χ4v) is 5.62. The molecule has 0 saturated heterocycles. The Morgan fingerprint density at radius 1 is 0.857 bits per heavy atom. The number of aliphatic hydroxyl groups is 1. The number of aliphatic hydroxyl groups excluding tert-OH is 1. The van der Waals surface area contributed by atoms with Gasteiger partial charge < -0.3 is 5.11 Å². The monoisotopic (exact) mass is 389 g/mol. The molecule has 144 valence electrons. The molecule has 0 aromatic heterocycles. The van der Waals surface area contributed by atoms with E-state index in [0.717, 1.165) is 12.0 Å². The van der Waals surface area contributed by atoms with Crippen LogP contribution in [0.2, 0.25) is 0 Å². The van der Waals surface area contributed by atoms with Crippen molar-refractivity contribution in [2.24, 2.45) is 10.9 Å². The van der Waals surface area contributed by atoms with E-state index >= 15 is 0 Å². The third kappa shape index (κ3) is 4.95. The van der Waals surface area contributed by atoms with Crippen molar-refractivity contribution in [2.45, 2.75) is 26.3 Å². The van der Waals surface area contributed by atoms with E-state index in [1.165, 1.54) is 15.9 Å². The molecule has 1 N–H and O–H groups in total. The van der Waals surface area contributed by atoms with E-state index < -0.39 is 7.92 Å². The van der Waals surface area contributed by atoms with Gasteiger partial charge in [0.15, 0.2) is 0 Å². The van der Waals surface area contributed by atoms with Crippen LogP contribution in [0.15, 0.2) is 89.9 Å². The molecule has 0 heterocycles. The van der Waals surface area contributed by atoms with Crippen molar-refractivity contribution in [2.75, 3.05) is 6.61 Å². The first kappa shape index (κ1) is 20.5. The van der Waals surface area contributed by atoms with E-state index in [0.29, 0.717) is 5.92 Å². The lowest BCUT2D eigenvalue weighted by Gasteiger charge is -2.21. The number of nitrogens with zero attached hydrogens (tertiary/aromatic N) is 1. The van der Waals surface area contributed by atoms with Gasteiger partial charge in [-0.2, -0.15) is 0 Å². The van der Waals surface area contributed by atoms with E-state index in [4.69, 9.17) is 4.99 Å². The van der Waals surface area contributed by atoms with Gasteiger partial charge in [-0.15, -0.1) is 0 Å². The van der Waals surface area contributed by atoms with Crippen molar-refractivity contribution in [1.29, 1.82) is 0 Å². The molecule has 0 spiro atoms. The summed E-state index contributed by atoms with van der Waals surface area (Å²) in [4.78, 5) is 4.75. The average molecular weight is 389 g/mol. The summed E-state index contributed by atoms with van der Waals surface area (Å²) in [5, 5.41) is 13.7. The van der Waals surface area contributed by atoms with Gasteiger partial charge in [-0.05, 0) is 29.8 Å². The summed E-state index contributed by atoms with van der Waals surface area (Å²) in [7, 11) is -0.675. The maximum absolute atomic E-state index is 9.73. The molecule has 3 rings (SSSR count). The van der Waals surface area contributed by atoms with Crippen LogP contribution in [0.5, 0.6) is 0 Å². The Morgan fingerprint density at radius 3 is 1.93 bits per heavy atom. The van der Waals surface area contributed by atoms with Crippen molar-refractivity contribution in [1.82, 2.24) is 0 Å². The SMILES string of the molecule is CC[C@@H](C)[C@@H](CO)N=Cc1ccccc1P(c1ccccc1)c1ccccc1. The molecule has 3 aromatic rings. The van der Waals surface area contributed by atoms with Gasteiger partial charge in [0.1, 0.15) is 0 Å². The zero-order valence-electron chi connectivity index (χ0n) is 16.6. The fourth-order valence-electron chi connectivity index (χ4n) is 3.20. The Hall–Kier alpha value is -2.28. The Kier molecular flexibility index (Phi) is 7.54. The molecule has 0 unspecified atom stereocenters. The van der Waals surface area contributed by atoms with Gasteiger partial charge >= 0.3 is 0 Å². The molecule has 28 heavy (non-hydrogen) atoms. The van der Waals surface area contributed by atoms with Crippen molar-refractivity contribution >= 4 is 30.0 Å². The maximum atomic E-state index is 9.73.